The monoisotopic (exact) mass is 283 g/mol. The number of nitrogens with one attached hydrogen (secondary N) is 1. The first-order valence-corrected chi connectivity index (χ1v) is 8.06. The zero-order valence-electron chi connectivity index (χ0n) is 12.9. The highest BCUT2D eigenvalue weighted by Crippen LogP contribution is 2.31. The molecule has 0 bridgehead atoms. The maximum atomic E-state index is 12.5. The Labute approximate surface area is 122 Å². The van der Waals surface area contributed by atoms with Gasteiger partial charge in [0.05, 0.1) is 12.1 Å². The van der Waals surface area contributed by atoms with Crippen LogP contribution in [0, 0.1) is 11.3 Å². The van der Waals surface area contributed by atoms with Gasteiger partial charge < -0.3 is 15.2 Å². The molecule has 2 atom stereocenters. The molecule has 4 heteroatoms. The Morgan fingerprint density at radius 3 is 2.50 bits per heavy atom. The smallest absolute Gasteiger partial charge is 0.225 e. The summed E-state index contributed by atoms with van der Waals surface area (Å²) in [5.41, 5.74) is -0.362. The number of carbonyl (C=O) groups excluding carboxylic acids is 1. The van der Waals surface area contributed by atoms with E-state index in [0.717, 1.165) is 58.2 Å². The van der Waals surface area contributed by atoms with E-state index in [9.17, 15) is 9.90 Å². The second-order valence-corrected chi connectivity index (χ2v) is 7.08. The SMILES string of the molecule is CC(C)(CC1CCOCC1)C(=O)NC1CCCCC1O. The molecule has 0 aromatic rings. The Morgan fingerprint density at radius 2 is 1.85 bits per heavy atom. The number of ether oxygens (including phenoxy) is 1. The van der Waals surface area contributed by atoms with E-state index in [0.29, 0.717) is 5.92 Å². The predicted molar refractivity (Wildman–Crippen MR) is 78.3 cm³/mol. The van der Waals surface area contributed by atoms with Gasteiger partial charge in [0.1, 0.15) is 0 Å². The first kappa shape index (κ1) is 15.8. The molecule has 116 valence electrons. The van der Waals surface area contributed by atoms with Gasteiger partial charge in [-0.05, 0) is 38.0 Å². The third kappa shape index (κ3) is 4.19. The summed E-state index contributed by atoms with van der Waals surface area (Å²) in [5.74, 6) is 0.677. The zero-order chi connectivity index (χ0) is 14.6. The quantitative estimate of drug-likeness (QED) is 0.832. The molecule has 2 rings (SSSR count). The molecule has 1 amide bonds. The summed E-state index contributed by atoms with van der Waals surface area (Å²) in [6, 6.07) is -0.0507. The highest BCUT2D eigenvalue weighted by molar-refractivity contribution is 5.82. The second-order valence-electron chi connectivity index (χ2n) is 7.08. The van der Waals surface area contributed by atoms with Crippen LogP contribution in [0.15, 0.2) is 0 Å². The van der Waals surface area contributed by atoms with Crippen molar-refractivity contribution >= 4 is 5.91 Å². The molecule has 2 N–H and O–H groups in total. The fraction of sp³-hybridized carbons (Fsp3) is 0.938. The molecule has 0 aromatic carbocycles. The van der Waals surface area contributed by atoms with Crippen LogP contribution in [-0.2, 0) is 9.53 Å². The summed E-state index contributed by atoms with van der Waals surface area (Å²) < 4.78 is 5.38. The van der Waals surface area contributed by atoms with Gasteiger partial charge in [-0.3, -0.25) is 4.79 Å². The summed E-state index contributed by atoms with van der Waals surface area (Å²) in [6.45, 7) is 5.69. The summed E-state index contributed by atoms with van der Waals surface area (Å²) in [5, 5.41) is 13.1. The van der Waals surface area contributed by atoms with Crippen molar-refractivity contribution in [3.05, 3.63) is 0 Å². The number of aliphatic hydroxyl groups is 1. The van der Waals surface area contributed by atoms with Gasteiger partial charge in [-0.1, -0.05) is 26.7 Å². The van der Waals surface area contributed by atoms with Gasteiger partial charge in [-0.2, -0.15) is 0 Å². The third-order valence-electron chi connectivity index (χ3n) is 4.80. The maximum absolute atomic E-state index is 12.5. The van der Waals surface area contributed by atoms with Crippen LogP contribution in [0.1, 0.15) is 58.8 Å². The largest absolute Gasteiger partial charge is 0.391 e. The van der Waals surface area contributed by atoms with Gasteiger partial charge in [-0.25, -0.2) is 0 Å². The first-order chi connectivity index (χ1) is 9.49. The highest BCUT2D eigenvalue weighted by atomic mass is 16.5. The lowest BCUT2D eigenvalue weighted by Gasteiger charge is -2.34. The van der Waals surface area contributed by atoms with Crippen molar-refractivity contribution in [2.24, 2.45) is 11.3 Å². The Bertz CT molecular complexity index is 324. The third-order valence-corrected chi connectivity index (χ3v) is 4.80. The van der Waals surface area contributed by atoms with Crippen molar-refractivity contribution in [3.8, 4) is 0 Å². The number of hydrogen-bond donors (Lipinski definition) is 2. The maximum Gasteiger partial charge on any atom is 0.225 e. The Kier molecular flexibility index (Phi) is 5.44. The van der Waals surface area contributed by atoms with Gasteiger partial charge in [0.25, 0.3) is 0 Å². The minimum atomic E-state index is -0.369. The van der Waals surface area contributed by atoms with Gasteiger partial charge in [0.2, 0.25) is 5.91 Å². The van der Waals surface area contributed by atoms with E-state index in [2.05, 4.69) is 5.32 Å². The van der Waals surface area contributed by atoms with E-state index in [4.69, 9.17) is 4.74 Å². The molecule has 4 nitrogen and oxygen atoms in total. The second kappa shape index (κ2) is 6.90. The van der Waals surface area contributed by atoms with Crippen LogP contribution in [0.25, 0.3) is 0 Å². The minimum Gasteiger partial charge on any atom is -0.391 e. The van der Waals surface area contributed by atoms with Crippen LogP contribution >= 0.6 is 0 Å². The van der Waals surface area contributed by atoms with E-state index >= 15 is 0 Å². The standard InChI is InChI=1S/C16H29NO3/c1-16(2,11-12-7-9-20-10-8-12)15(19)17-13-5-3-4-6-14(13)18/h12-14,18H,3-11H2,1-2H3,(H,17,19). The Morgan fingerprint density at radius 1 is 1.20 bits per heavy atom. The molecular weight excluding hydrogens is 254 g/mol. The lowest BCUT2D eigenvalue weighted by Crippen LogP contribution is -2.49. The van der Waals surface area contributed by atoms with Crippen LogP contribution in [0.2, 0.25) is 0 Å². The molecule has 2 aliphatic rings. The van der Waals surface area contributed by atoms with E-state index in [1.165, 1.54) is 0 Å². The number of aliphatic hydroxyl groups excluding tert-OH is 1. The number of carbonyl (C=O) groups is 1. The fourth-order valence-electron chi connectivity index (χ4n) is 3.41. The molecule has 0 spiro atoms. The summed E-state index contributed by atoms with van der Waals surface area (Å²) in [4.78, 5) is 12.5. The molecule has 1 saturated carbocycles. The molecule has 1 aliphatic carbocycles. The molecular formula is C16H29NO3. The van der Waals surface area contributed by atoms with Gasteiger partial charge >= 0.3 is 0 Å². The number of amides is 1. The minimum absolute atomic E-state index is 0.0507. The van der Waals surface area contributed by atoms with Crippen LogP contribution in [0.4, 0.5) is 0 Å². The molecule has 2 unspecified atom stereocenters. The molecule has 2 fully saturated rings. The lowest BCUT2D eigenvalue weighted by atomic mass is 9.78. The molecule has 1 heterocycles. The van der Waals surface area contributed by atoms with Gasteiger partial charge in [0.15, 0.2) is 0 Å². The molecule has 0 radical (unpaired) electrons. The number of hydrogen-bond acceptors (Lipinski definition) is 3. The van der Waals surface area contributed by atoms with Crippen molar-refractivity contribution in [2.45, 2.75) is 70.9 Å². The molecule has 20 heavy (non-hydrogen) atoms. The topological polar surface area (TPSA) is 58.6 Å². The fourth-order valence-corrected chi connectivity index (χ4v) is 3.41. The average Bonchev–Trinajstić information content (AvgIpc) is 2.42. The van der Waals surface area contributed by atoms with E-state index in [1.54, 1.807) is 0 Å². The van der Waals surface area contributed by atoms with E-state index in [1.807, 2.05) is 13.8 Å². The summed E-state index contributed by atoms with van der Waals surface area (Å²) >= 11 is 0. The van der Waals surface area contributed by atoms with Gasteiger partial charge in [0, 0.05) is 18.6 Å². The van der Waals surface area contributed by atoms with Crippen LogP contribution in [-0.4, -0.2) is 36.4 Å². The summed E-state index contributed by atoms with van der Waals surface area (Å²) in [6.07, 6.45) is 6.54. The van der Waals surface area contributed by atoms with Crippen molar-refractivity contribution in [3.63, 3.8) is 0 Å². The van der Waals surface area contributed by atoms with Crippen molar-refractivity contribution < 1.29 is 14.6 Å². The molecule has 1 aliphatic heterocycles. The summed E-state index contributed by atoms with van der Waals surface area (Å²) in [7, 11) is 0. The molecule has 0 aromatic heterocycles. The predicted octanol–water partition coefficient (Wildman–Crippen LogP) is 2.25. The average molecular weight is 283 g/mol. The highest BCUT2D eigenvalue weighted by Gasteiger charge is 2.34. The Balaban J connectivity index is 1.85. The first-order valence-electron chi connectivity index (χ1n) is 8.06. The van der Waals surface area contributed by atoms with Crippen molar-refractivity contribution in [1.82, 2.24) is 5.32 Å². The molecule has 1 saturated heterocycles. The zero-order valence-corrected chi connectivity index (χ0v) is 12.9. The lowest BCUT2D eigenvalue weighted by molar-refractivity contribution is -0.132. The van der Waals surface area contributed by atoms with Crippen molar-refractivity contribution in [1.29, 1.82) is 0 Å². The number of rotatable bonds is 4. The Hall–Kier alpha value is -0.610. The van der Waals surface area contributed by atoms with Crippen LogP contribution in [0.3, 0.4) is 0 Å². The van der Waals surface area contributed by atoms with Crippen LogP contribution in [0.5, 0.6) is 0 Å². The normalized spacial score (nSPS) is 29.1. The van der Waals surface area contributed by atoms with Crippen molar-refractivity contribution in [2.75, 3.05) is 13.2 Å². The van der Waals surface area contributed by atoms with E-state index in [-0.39, 0.29) is 23.5 Å². The van der Waals surface area contributed by atoms with E-state index < -0.39 is 0 Å². The van der Waals surface area contributed by atoms with Gasteiger partial charge in [-0.15, -0.1) is 0 Å². The van der Waals surface area contributed by atoms with Crippen LogP contribution < -0.4 is 5.32 Å².